The van der Waals surface area contributed by atoms with E-state index in [1.807, 2.05) is 13.0 Å². The van der Waals surface area contributed by atoms with Gasteiger partial charge in [0.25, 0.3) is 0 Å². The van der Waals surface area contributed by atoms with Crippen LogP contribution in [0.4, 0.5) is 0 Å². The summed E-state index contributed by atoms with van der Waals surface area (Å²) in [5.41, 5.74) is 9.26. The Bertz CT molecular complexity index is 548. The van der Waals surface area contributed by atoms with Gasteiger partial charge in [-0.1, -0.05) is 6.07 Å². The molecule has 2 aromatic rings. The van der Waals surface area contributed by atoms with Crippen molar-refractivity contribution in [2.75, 3.05) is 7.05 Å². The van der Waals surface area contributed by atoms with Gasteiger partial charge in [-0.25, -0.2) is 0 Å². The monoisotopic (exact) mass is 275 g/mol. The molecule has 0 unspecified atom stereocenters. The average Bonchev–Trinajstić information content (AvgIpc) is 2.70. The van der Waals surface area contributed by atoms with Crippen LogP contribution in [-0.4, -0.2) is 16.9 Å². The molecule has 0 aliphatic rings. The van der Waals surface area contributed by atoms with Gasteiger partial charge in [0.15, 0.2) is 0 Å². The lowest BCUT2D eigenvalue weighted by molar-refractivity contribution is 0.314. The van der Waals surface area contributed by atoms with Crippen molar-refractivity contribution in [2.45, 2.75) is 33.5 Å². The highest BCUT2D eigenvalue weighted by molar-refractivity contribution is 7.12. The van der Waals surface area contributed by atoms with Gasteiger partial charge < -0.3 is 5.73 Å². The number of thiophene rings is 1. The van der Waals surface area contributed by atoms with Gasteiger partial charge >= 0.3 is 0 Å². The number of hydrogen-bond acceptors (Lipinski definition) is 4. The van der Waals surface area contributed by atoms with Crippen LogP contribution in [0.25, 0.3) is 0 Å². The Balaban J connectivity index is 2.00. The predicted octanol–water partition coefficient (Wildman–Crippen LogP) is 2.85. The number of rotatable bonds is 5. The summed E-state index contributed by atoms with van der Waals surface area (Å²) in [5.74, 6) is 0. The van der Waals surface area contributed by atoms with Crippen molar-refractivity contribution in [3.05, 3.63) is 51.0 Å². The molecule has 0 aliphatic heterocycles. The van der Waals surface area contributed by atoms with Crippen molar-refractivity contribution < 1.29 is 0 Å². The van der Waals surface area contributed by atoms with Crippen LogP contribution in [0.2, 0.25) is 0 Å². The van der Waals surface area contributed by atoms with Gasteiger partial charge in [-0.3, -0.25) is 9.88 Å². The maximum atomic E-state index is 5.69. The van der Waals surface area contributed by atoms with Crippen LogP contribution >= 0.6 is 11.3 Å². The smallest absolute Gasteiger partial charge is 0.0547 e. The molecule has 0 aliphatic carbocycles. The molecule has 0 atom stereocenters. The van der Waals surface area contributed by atoms with Gasteiger partial charge in [0, 0.05) is 35.1 Å². The molecule has 0 saturated carbocycles. The van der Waals surface area contributed by atoms with Crippen LogP contribution in [0.15, 0.2) is 24.3 Å². The molecule has 0 saturated heterocycles. The van der Waals surface area contributed by atoms with Gasteiger partial charge in [0.2, 0.25) is 0 Å². The summed E-state index contributed by atoms with van der Waals surface area (Å²) in [6.07, 6.45) is 0. The molecule has 2 aromatic heterocycles. The Morgan fingerprint density at radius 2 is 2.05 bits per heavy atom. The normalized spacial score (nSPS) is 11.2. The Labute approximate surface area is 119 Å². The van der Waals surface area contributed by atoms with Crippen LogP contribution in [-0.2, 0) is 19.6 Å². The van der Waals surface area contributed by atoms with E-state index in [0.717, 1.165) is 24.5 Å². The molecule has 102 valence electrons. The predicted molar refractivity (Wildman–Crippen MR) is 81.1 cm³/mol. The summed E-state index contributed by atoms with van der Waals surface area (Å²) >= 11 is 1.80. The topological polar surface area (TPSA) is 42.1 Å². The van der Waals surface area contributed by atoms with Crippen LogP contribution in [0, 0.1) is 13.8 Å². The fraction of sp³-hybridized carbons (Fsp3) is 0.400. The van der Waals surface area contributed by atoms with Gasteiger partial charge in [-0.2, -0.15) is 0 Å². The minimum Gasteiger partial charge on any atom is -0.326 e. The molecule has 0 spiro atoms. The molecule has 2 rings (SSSR count). The second-order valence-electron chi connectivity index (χ2n) is 4.94. The maximum absolute atomic E-state index is 5.69. The second kappa shape index (κ2) is 6.28. The molecule has 2 heterocycles. The highest BCUT2D eigenvalue weighted by Crippen LogP contribution is 2.22. The molecule has 19 heavy (non-hydrogen) atoms. The Morgan fingerprint density at radius 3 is 2.68 bits per heavy atom. The standard InChI is InChI=1S/C15H21N3S/c1-11-5-4-6-14(17-11)10-18(3)9-13-7-15(8-16)19-12(13)2/h4-7H,8-10,16H2,1-3H3. The van der Waals surface area contributed by atoms with E-state index in [1.54, 1.807) is 11.3 Å². The van der Waals surface area contributed by atoms with E-state index in [9.17, 15) is 0 Å². The zero-order valence-corrected chi connectivity index (χ0v) is 12.6. The molecule has 0 bridgehead atoms. The van der Waals surface area contributed by atoms with Gasteiger partial charge in [-0.15, -0.1) is 11.3 Å². The number of hydrogen-bond donors (Lipinski definition) is 1. The van der Waals surface area contributed by atoms with E-state index in [2.05, 4.69) is 42.1 Å². The Morgan fingerprint density at radius 1 is 1.26 bits per heavy atom. The third kappa shape index (κ3) is 3.86. The summed E-state index contributed by atoms with van der Waals surface area (Å²) in [7, 11) is 2.13. The van der Waals surface area contributed by atoms with E-state index in [-0.39, 0.29) is 0 Å². The first kappa shape index (κ1) is 14.2. The Kier molecular flexibility index (Phi) is 4.69. The largest absolute Gasteiger partial charge is 0.326 e. The molecule has 0 radical (unpaired) electrons. The third-order valence-electron chi connectivity index (χ3n) is 3.09. The second-order valence-corrected chi connectivity index (χ2v) is 6.28. The van der Waals surface area contributed by atoms with Crippen molar-refractivity contribution in [1.29, 1.82) is 0 Å². The van der Waals surface area contributed by atoms with Crippen molar-refractivity contribution in [1.82, 2.24) is 9.88 Å². The summed E-state index contributed by atoms with van der Waals surface area (Å²) in [4.78, 5) is 9.45. The molecule has 0 aromatic carbocycles. The highest BCUT2D eigenvalue weighted by Gasteiger charge is 2.08. The lowest BCUT2D eigenvalue weighted by Gasteiger charge is -2.16. The first-order valence-corrected chi connectivity index (χ1v) is 7.29. The molecule has 2 N–H and O–H groups in total. The van der Waals surface area contributed by atoms with Gasteiger partial charge in [0.1, 0.15) is 0 Å². The van der Waals surface area contributed by atoms with Crippen molar-refractivity contribution >= 4 is 11.3 Å². The summed E-state index contributed by atoms with van der Waals surface area (Å²) in [5, 5.41) is 0. The Hall–Kier alpha value is -1.23. The maximum Gasteiger partial charge on any atom is 0.0547 e. The number of aromatic nitrogens is 1. The highest BCUT2D eigenvalue weighted by atomic mass is 32.1. The molecule has 3 nitrogen and oxygen atoms in total. The molecule has 4 heteroatoms. The van der Waals surface area contributed by atoms with Crippen molar-refractivity contribution in [3.63, 3.8) is 0 Å². The van der Waals surface area contributed by atoms with E-state index < -0.39 is 0 Å². The molecule has 0 amide bonds. The first-order valence-electron chi connectivity index (χ1n) is 6.48. The summed E-state index contributed by atoms with van der Waals surface area (Å²) in [6.45, 7) is 6.64. The lowest BCUT2D eigenvalue weighted by Crippen LogP contribution is -2.18. The number of nitrogens with zero attached hydrogens (tertiary/aromatic N) is 2. The minimum atomic E-state index is 0.634. The van der Waals surface area contributed by atoms with Crippen LogP contribution in [0.5, 0.6) is 0 Å². The summed E-state index contributed by atoms with van der Waals surface area (Å²) < 4.78 is 0. The zero-order chi connectivity index (χ0) is 13.8. The van der Waals surface area contributed by atoms with Crippen LogP contribution < -0.4 is 5.73 Å². The van der Waals surface area contributed by atoms with Crippen molar-refractivity contribution in [3.8, 4) is 0 Å². The molecular formula is C15H21N3S. The van der Waals surface area contributed by atoms with Crippen LogP contribution in [0.3, 0.4) is 0 Å². The van der Waals surface area contributed by atoms with Crippen LogP contribution in [0.1, 0.15) is 26.7 Å². The fourth-order valence-corrected chi connectivity index (χ4v) is 3.09. The van der Waals surface area contributed by atoms with E-state index in [0.29, 0.717) is 6.54 Å². The van der Waals surface area contributed by atoms with Crippen molar-refractivity contribution in [2.24, 2.45) is 5.73 Å². The van der Waals surface area contributed by atoms with E-state index in [4.69, 9.17) is 5.73 Å². The molecular weight excluding hydrogens is 254 g/mol. The minimum absolute atomic E-state index is 0.634. The van der Waals surface area contributed by atoms with E-state index >= 15 is 0 Å². The SMILES string of the molecule is Cc1cccc(CN(C)Cc2cc(CN)sc2C)n1. The number of pyridine rings is 1. The average molecular weight is 275 g/mol. The van der Waals surface area contributed by atoms with E-state index in [1.165, 1.54) is 15.3 Å². The van der Waals surface area contributed by atoms with Gasteiger partial charge in [0.05, 0.1) is 5.69 Å². The third-order valence-corrected chi connectivity index (χ3v) is 4.21. The summed E-state index contributed by atoms with van der Waals surface area (Å²) in [6, 6.07) is 8.39. The molecule has 0 fully saturated rings. The lowest BCUT2D eigenvalue weighted by atomic mass is 10.2. The first-order chi connectivity index (χ1) is 9.08. The number of aryl methyl sites for hydroxylation is 2. The number of nitrogens with two attached hydrogens (primary N) is 1. The van der Waals surface area contributed by atoms with Gasteiger partial charge in [-0.05, 0) is 44.7 Å². The zero-order valence-electron chi connectivity index (χ0n) is 11.8. The fourth-order valence-electron chi connectivity index (χ4n) is 2.16. The quantitative estimate of drug-likeness (QED) is 0.912.